The van der Waals surface area contributed by atoms with Crippen molar-refractivity contribution in [2.24, 2.45) is 5.41 Å². The molecule has 3 nitrogen and oxygen atoms in total. The van der Waals surface area contributed by atoms with Gasteiger partial charge in [0, 0.05) is 24.1 Å². The zero-order chi connectivity index (χ0) is 14.6. The van der Waals surface area contributed by atoms with Gasteiger partial charge in [-0.3, -0.25) is 0 Å². The van der Waals surface area contributed by atoms with Gasteiger partial charge in [-0.25, -0.2) is 0 Å². The van der Waals surface area contributed by atoms with Crippen molar-refractivity contribution in [2.45, 2.75) is 78.0 Å². The molecule has 2 fully saturated rings. The van der Waals surface area contributed by atoms with E-state index in [9.17, 15) is 0 Å². The molecule has 0 aromatic heterocycles. The van der Waals surface area contributed by atoms with Crippen LogP contribution in [0.5, 0.6) is 0 Å². The van der Waals surface area contributed by atoms with Crippen molar-refractivity contribution in [3.8, 4) is 0 Å². The summed E-state index contributed by atoms with van der Waals surface area (Å²) in [6, 6.07) is 1.37. The maximum atomic E-state index is 5.83. The summed E-state index contributed by atoms with van der Waals surface area (Å²) in [7, 11) is 0. The number of likely N-dealkylation sites (tertiary alicyclic amines) is 1. The van der Waals surface area contributed by atoms with Gasteiger partial charge in [-0.2, -0.15) is 0 Å². The van der Waals surface area contributed by atoms with E-state index >= 15 is 0 Å². The highest BCUT2D eigenvalue weighted by Gasteiger charge is 2.49. The first-order valence-corrected chi connectivity index (χ1v) is 8.67. The van der Waals surface area contributed by atoms with Gasteiger partial charge in [-0.05, 0) is 52.2 Å². The largest absolute Gasteiger partial charge is 0.378 e. The Balaban J connectivity index is 1.69. The van der Waals surface area contributed by atoms with Gasteiger partial charge in [0.2, 0.25) is 0 Å². The topological polar surface area (TPSA) is 24.5 Å². The lowest BCUT2D eigenvalue weighted by Crippen LogP contribution is -2.63. The van der Waals surface area contributed by atoms with Crippen molar-refractivity contribution in [1.29, 1.82) is 0 Å². The Morgan fingerprint density at radius 3 is 2.45 bits per heavy atom. The number of unbranched alkanes of at least 4 members (excludes halogenated alkanes) is 1. The third kappa shape index (κ3) is 3.75. The fourth-order valence-corrected chi connectivity index (χ4v) is 3.64. The molecule has 2 rings (SSSR count). The molecule has 2 aliphatic rings. The smallest absolute Gasteiger partial charge is 0.0655 e. The molecule has 0 bridgehead atoms. The van der Waals surface area contributed by atoms with Gasteiger partial charge >= 0.3 is 0 Å². The molecule has 0 aromatic carbocycles. The van der Waals surface area contributed by atoms with E-state index in [0.717, 1.165) is 12.6 Å². The molecule has 3 heteroatoms. The van der Waals surface area contributed by atoms with E-state index in [0.29, 0.717) is 17.6 Å². The summed E-state index contributed by atoms with van der Waals surface area (Å²) in [6.45, 7) is 13.8. The maximum absolute atomic E-state index is 5.83. The molecule has 2 unspecified atom stereocenters. The van der Waals surface area contributed by atoms with Crippen molar-refractivity contribution < 1.29 is 4.74 Å². The second-order valence-electron chi connectivity index (χ2n) is 7.19. The minimum absolute atomic E-state index is 0.301. The van der Waals surface area contributed by atoms with Crippen LogP contribution >= 0.6 is 0 Å². The van der Waals surface area contributed by atoms with Crippen LogP contribution in [0.4, 0.5) is 0 Å². The third-order valence-electron chi connectivity index (χ3n) is 5.40. The minimum atomic E-state index is 0.301. The predicted molar refractivity (Wildman–Crippen MR) is 85.1 cm³/mol. The first-order valence-electron chi connectivity index (χ1n) is 8.67. The molecule has 1 saturated carbocycles. The van der Waals surface area contributed by atoms with Gasteiger partial charge in [0.15, 0.2) is 0 Å². The van der Waals surface area contributed by atoms with Gasteiger partial charge < -0.3 is 15.0 Å². The molecule has 1 aliphatic carbocycles. The Morgan fingerprint density at radius 2 is 1.90 bits per heavy atom. The number of ether oxygens (including phenoxy) is 1. The second kappa shape index (κ2) is 7.24. The van der Waals surface area contributed by atoms with E-state index in [1.54, 1.807) is 0 Å². The summed E-state index contributed by atoms with van der Waals surface area (Å²) in [5.74, 6) is 0. The van der Waals surface area contributed by atoms with E-state index < -0.39 is 0 Å². The van der Waals surface area contributed by atoms with E-state index in [4.69, 9.17) is 4.74 Å². The Kier molecular flexibility index (Phi) is 5.88. The van der Waals surface area contributed by atoms with E-state index in [-0.39, 0.29) is 0 Å². The Bertz CT molecular complexity index is 285. The average molecular weight is 282 g/mol. The van der Waals surface area contributed by atoms with Crippen LogP contribution in [0.1, 0.15) is 59.8 Å². The SMILES string of the molecule is CCCCN1CCC(NC2CC(OCC)C2(C)C)CC1. The first-order chi connectivity index (χ1) is 9.57. The number of piperidine rings is 1. The van der Waals surface area contributed by atoms with Crippen LogP contribution in [0.3, 0.4) is 0 Å². The van der Waals surface area contributed by atoms with Gasteiger partial charge in [-0.15, -0.1) is 0 Å². The Labute approximate surface area is 125 Å². The van der Waals surface area contributed by atoms with Crippen LogP contribution in [0.15, 0.2) is 0 Å². The van der Waals surface area contributed by atoms with Crippen LogP contribution in [0, 0.1) is 5.41 Å². The van der Waals surface area contributed by atoms with Crippen molar-refractivity contribution in [2.75, 3.05) is 26.2 Å². The number of hydrogen-bond donors (Lipinski definition) is 1. The van der Waals surface area contributed by atoms with Crippen LogP contribution in [-0.2, 0) is 4.74 Å². The second-order valence-corrected chi connectivity index (χ2v) is 7.19. The van der Waals surface area contributed by atoms with Gasteiger partial charge in [0.25, 0.3) is 0 Å². The zero-order valence-corrected chi connectivity index (χ0v) is 14.0. The standard InChI is InChI=1S/C17H34N2O/c1-5-7-10-19-11-8-14(9-12-19)18-15-13-16(20-6-2)17(15,3)4/h14-16,18H,5-13H2,1-4H3. The van der Waals surface area contributed by atoms with Crippen LogP contribution in [0.25, 0.3) is 0 Å². The summed E-state index contributed by atoms with van der Waals surface area (Å²) in [6.07, 6.45) is 6.94. The molecule has 1 saturated heterocycles. The molecular formula is C17H34N2O. The summed E-state index contributed by atoms with van der Waals surface area (Å²) in [4.78, 5) is 2.64. The van der Waals surface area contributed by atoms with Crippen molar-refractivity contribution >= 4 is 0 Å². The van der Waals surface area contributed by atoms with Crippen molar-refractivity contribution in [3.05, 3.63) is 0 Å². The molecule has 1 aliphatic heterocycles. The highest BCUT2D eigenvalue weighted by atomic mass is 16.5. The van der Waals surface area contributed by atoms with Crippen LogP contribution in [0.2, 0.25) is 0 Å². The van der Waals surface area contributed by atoms with Gasteiger partial charge in [0.1, 0.15) is 0 Å². The Hall–Kier alpha value is -0.120. The highest BCUT2D eigenvalue weighted by molar-refractivity contribution is 5.04. The normalized spacial score (nSPS) is 31.2. The fourth-order valence-electron chi connectivity index (χ4n) is 3.64. The lowest BCUT2D eigenvalue weighted by atomic mass is 9.64. The van der Waals surface area contributed by atoms with E-state index in [1.165, 1.54) is 51.7 Å². The molecule has 1 heterocycles. The Morgan fingerprint density at radius 1 is 1.20 bits per heavy atom. The highest BCUT2D eigenvalue weighted by Crippen LogP contribution is 2.43. The number of hydrogen-bond acceptors (Lipinski definition) is 3. The van der Waals surface area contributed by atoms with E-state index in [1.807, 2.05) is 0 Å². The van der Waals surface area contributed by atoms with Crippen LogP contribution in [-0.4, -0.2) is 49.3 Å². The molecule has 0 amide bonds. The molecule has 20 heavy (non-hydrogen) atoms. The van der Waals surface area contributed by atoms with Crippen molar-refractivity contribution in [1.82, 2.24) is 10.2 Å². The number of nitrogens with zero attached hydrogens (tertiary/aromatic N) is 1. The predicted octanol–water partition coefficient (Wildman–Crippen LogP) is 3.04. The monoisotopic (exact) mass is 282 g/mol. The average Bonchev–Trinajstić information content (AvgIpc) is 2.45. The lowest BCUT2D eigenvalue weighted by Gasteiger charge is -2.53. The molecule has 1 N–H and O–H groups in total. The molecular weight excluding hydrogens is 248 g/mol. The maximum Gasteiger partial charge on any atom is 0.0655 e. The van der Waals surface area contributed by atoms with Crippen molar-refractivity contribution in [3.63, 3.8) is 0 Å². The molecule has 118 valence electrons. The zero-order valence-electron chi connectivity index (χ0n) is 14.0. The summed E-state index contributed by atoms with van der Waals surface area (Å²) in [5.41, 5.74) is 0.301. The molecule has 2 atom stereocenters. The molecule has 0 aromatic rings. The molecule has 0 spiro atoms. The summed E-state index contributed by atoms with van der Waals surface area (Å²) >= 11 is 0. The van der Waals surface area contributed by atoms with Gasteiger partial charge in [-0.1, -0.05) is 27.2 Å². The fraction of sp³-hybridized carbons (Fsp3) is 1.00. The number of nitrogens with one attached hydrogen (secondary N) is 1. The van der Waals surface area contributed by atoms with E-state index in [2.05, 4.69) is 37.9 Å². The quantitative estimate of drug-likeness (QED) is 0.777. The summed E-state index contributed by atoms with van der Waals surface area (Å²) in [5, 5.41) is 3.90. The molecule has 0 radical (unpaired) electrons. The first kappa shape index (κ1) is 16.3. The third-order valence-corrected chi connectivity index (χ3v) is 5.40. The van der Waals surface area contributed by atoms with Gasteiger partial charge in [0.05, 0.1) is 6.10 Å². The van der Waals surface area contributed by atoms with Crippen LogP contribution < -0.4 is 5.32 Å². The lowest BCUT2D eigenvalue weighted by molar-refractivity contribution is -0.117. The number of rotatable bonds is 7. The minimum Gasteiger partial charge on any atom is -0.378 e. The summed E-state index contributed by atoms with van der Waals surface area (Å²) < 4.78 is 5.83.